The molecule has 0 aliphatic carbocycles. The van der Waals surface area contributed by atoms with E-state index < -0.39 is 12.0 Å². The van der Waals surface area contributed by atoms with Gasteiger partial charge in [0.25, 0.3) is 5.56 Å². The average Bonchev–Trinajstić information content (AvgIpc) is 3.00. The Morgan fingerprint density at radius 2 is 1.92 bits per heavy atom. The number of hydrogen-bond donors (Lipinski definition) is 0. The van der Waals surface area contributed by atoms with E-state index in [-0.39, 0.29) is 11.7 Å². The summed E-state index contributed by atoms with van der Waals surface area (Å²) in [5.74, 6) is -0.438. The van der Waals surface area contributed by atoms with Crippen LogP contribution in [0.4, 0.5) is 0 Å². The molecule has 0 unspecified atom stereocenters. The highest BCUT2D eigenvalue weighted by atomic mass is 32.1. The molecule has 0 saturated heterocycles. The molecule has 0 fully saturated rings. The monoisotopic (exact) mass is 342 g/mol. The molecule has 5 nitrogen and oxygen atoms in total. The molecule has 2 aromatic heterocycles. The highest BCUT2D eigenvalue weighted by molar-refractivity contribution is 7.21. The lowest BCUT2D eigenvalue weighted by Crippen LogP contribution is -2.30. The van der Waals surface area contributed by atoms with Gasteiger partial charge in [-0.3, -0.25) is 9.36 Å². The molecule has 3 aromatic rings. The van der Waals surface area contributed by atoms with Crippen LogP contribution in [0.3, 0.4) is 0 Å². The maximum absolute atomic E-state index is 12.7. The summed E-state index contributed by atoms with van der Waals surface area (Å²) in [6.45, 7) is 5.20. The van der Waals surface area contributed by atoms with Crippen LogP contribution in [0.2, 0.25) is 0 Å². The lowest BCUT2D eigenvalue weighted by Gasteiger charge is -2.15. The van der Waals surface area contributed by atoms with E-state index in [0.29, 0.717) is 10.2 Å². The van der Waals surface area contributed by atoms with Crippen molar-refractivity contribution in [3.8, 4) is 10.4 Å². The van der Waals surface area contributed by atoms with Crippen LogP contribution in [0, 0.1) is 0 Å². The van der Waals surface area contributed by atoms with Crippen molar-refractivity contribution < 1.29 is 9.53 Å². The normalized spacial score (nSPS) is 12.5. The quantitative estimate of drug-likeness (QED) is 0.679. The van der Waals surface area contributed by atoms with Crippen molar-refractivity contribution in [2.75, 3.05) is 0 Å². The van der Waals surface area contributed by atoms with Gasteiger partial charge in [-0.15, -0.1) is 11.3 Å². The first-order chi connectivity index (χ1) is 11.5. The van der Waals surface area contributed by atoms with Gasteiger partial charge in [-0.25, -0.2) is 9.78 Å². The maximum Gasteiger partial charge on any atom is 0.329 e. The zero-order chi connectivity index (χ0) is 17.3. The Bertz CT molecular complexity index is 928. The van der Waals surface area contributed by atoms with Crippen molar-refractivity contribution >= 4 is 27.5 Å². The zero-order valence-corrected chi connectivity index (χ0v) is 14.5. The Morgan fingerprint density at radius 1 is 1.21 bits per heavy atom. The van der Waals surface area contributed by atoms with Crippen molar-refractivity contribution in [1.29, 1.82) is 0 Å². The number of carbonyl (C=O) groups is 1. The van der Waals surface area contributed by atoms with Crippen LogP contribution in [0.25, 0.3) is 20.7 Å². The molecule has 24 heavy (non-hydrogen) atoms. The number of aromatic nitrogens is 2. The van der Waals surface area contributed by atoms with Crippen LogP contribution in [0.1, 0.15) is 26.8 Å². The lowest BCUT2D eigenvalue weighted by molar-refractivity contribution is -0.151. The van der Waals surface area contributed by atoms with Gasteiger partial charge in [0.2, 0.25) is 0 Å². The predicted octanol–water partition coefficient (Wildman–Crippen LogP) is 3.64. The van der Waals surface area contributed by atoms with E-state index in [1.165, 1.54) is 22.2 Å². The van der Waals surface area contributed by atoms with Crippen LogP contribution < -0.4 is 5.56 Å². The highest BCUT2D eigenvalue weighted by Crippen LogP contribution is 2.30. The number of fused-ring (bicyclic) bond motifs is 1. The Kier molecular flexibility index (Phi) is 4.49. The molecule has 1 aromatic carbocycles. The Balaban J connectivity index is 2.02. The third-order valence-corrected chi connectivity index (χ3v) is 4.74. The smallest absolute Gasteiger partial charge is 0.329 e. The molecule has 0 saturated carbocycles. The number of ether oxygens (including phenoxy) is 1. The van der Waals surface area contributed by atoms with E-state index in [1.807, 2.05) is 36.4 Å². The summed E-state index contributed by atoms with van der Waals surface area (Å²) >= 11 is 1.46. The number of hydrogen-bond acceptors (Lipinski definition) is 5. The summed E-state index contributed by atoms with van der Waals surface area (Å²) in [6, 6.07) is 11.0. The zero-order valence-electron chi connectivity index (χ0n) is 13.7. The van der Waals surface area contributed by atoms with Crippen molar-refractivity contribution in [3.05, 3.63) is 53.1 Å². The molecule has 6 heteroatoms. The Morgan fingerprint density at radius 3 is 2.58 bits per heavy atom. The van der Waals surface area contributed by atoms with Crippen molar-refractivity contribution in [1.82, 2.24) is 9.55 Å². The average molecular weight is 342 g/mol. The largest absolute Gasteiger partial charge is 0.461 e. The van der Waals surface area contributed by atoms with Crippen LogP contribution in [-0.2, 0) is 9.53 Å². The van der Waals surface area contributed by atoms with E-state index in [1.54, 1.807) is 20.8 Å². The lowest BCUT2D eigenvalue weighted by atomic mass is 10.2. The maximum atomic E-state index is 12.7. The summed E-state index contributed by atoms with van der Waals surface area (Å²) in [4.78, 5) is 30.8. The Labute approximate surface area is 143 Å². The van der Waals surface area contributed by atoms with Gasteiger partial charge in [0, 0.05) is 4.88 Å². The summed E-state index contributed by atoms with van der Waals surface area (Å²) in [5.41, 5.74) is 0.811. The minimum atomic E-state index is -0.711. The summed E-state index contributed by atoms with van der Waals surface area (Å²) in [5, 5.41) is 0.519. The van der Waals surface area contributed by atoms with E-state index in [2.05, 4.69) is 4.98 Å². The van der Waals surface area contributed by atoms with Gasteiger partial charge >= 0.3 is 5.97 Å². The van der Waals surface area contributed by atoms with Gasteiger partial charge in [0.05, 0.1) is 17.8 Å². The van der Waals surface area contributed by atoms with Gasteiger partial charge in [-0.2, -0.15) is 0 Å². The number of benzene rings is 1. The van der Waals surface area contributed by atoms with Gasteiger partial charge in [-0.1, -0.05) is 30.3 Å². The van der Waals surface area contributed by atoms with Gasteiger partial charge < -0.3 is 4.74 Å². The first-order valence-corrected chi connectivity index (χ1v) is 8.55. The first-order valence-electron chi connectivity index (χ1n) is 7.74. The molecule has 124 valence electrons. The van der Waals surface area contributed by atoms with Crippen LogP contribution >= 0.6 is 11.3 Å². The third-order valence-electron chi connectivity index (χ3n) is 3.65. The second-order valence-electron chi connectivity index (χ2n) is 5.81. The predicted molar refractivity (Wildman–Crippen MR) is 95.3 cm³/mol. The fourth-order valence-electron chi connectivity index (χ4n) is 2.40. The summed E-state index contributed by atoms with van der Waals surface area (Å²) in [7, 11) is 0. The summed E-state index contributed by atoms with van der Waals surface area (Å²) < 4.78 is 6.51. The molecule has 1 atom stereocenters. The molecule has 0 aliphatic heterocycles. The topological polar surface area (TPSA) is 61.2 Å². The molecular weight excluding hydrogens is 324 g/mol. The Hall–Kier alpha value is -2.47. The van der Waals surface area contributed by atoms with E-state index in [4.69, 9.17) is 4.74 Å². The van der Waals surface area contributed by atoms with Crippen LogP contribution in [-0.4, -0.2) is 21.6 Å². The molecule has 2 heterocycles. The molecule has 3 rings (SSSR count). The van der Waals surface area contributed by atoms with Crippen molar-refractivity contribution in [2.45, 2.75) is 32.9 Å². The molecular formula is C18H18N2O3S. The molecule has 0 N–H and O–H groups in total. The van der Waals surface area contributed by atoms with Crippen LogP contribution in [0.15, 0.2) is 47.5 Å². The van der Waals surface area contributed by atoms with Gasteiger partial charge in [-0.05, 0) is 32.4 Å². The fourth-order valence-corrected chi connectivity index (χ4v) is 3.40. The van der Waals surface area contributed by atoms with E-state index >= 15 is 0 Å². The standard InChI is InChI=1S/C18H18N2O3S/c1-11(2)23-18(22)12(3)20-10-19-16-14(17(20)21)9-15(24-16)13-7-5-4-6-8-13/h4-12H,1-3H3/t12-/m0/s1. The van der Waals surface area contributed by atoms with E-state index in [0.717, 1.165) is 10.4 Å². The third kappa shape index (κ3) is 3.10. The molecule has 0 bridgehead atoms. The number of nitrogens with zero attached hydrogens (tertiary/aromatic N) is 2. The molecule has 0 radical (unpaired) electrons. The van der Waals surface area contributed by atoms with Gasteiger partial charge in [0.15, 0.2) is 0 Å². The molecule has 0 aliphatic rings. The van der Waals surface area contributed by atoms with Crippen LogP contribution in [0.5, 0.6) is 0 Å². The molecule has 0 spiro atoms. The number of esters is 1. The SMILES string of the molecule is CC(C)OC(=O)[C@H](C)n1cnc2sc(-c3ccccc3)cc2c1=O. The fraction of sp³-hybridized carbons (Fsp3) is 0.278. The van der Waals surface area contributed by atoms with Crippen molar-refractivity contribution in [3.63, 3.8) is 0 Å². The summed E-state index contributed by atoms with van der Waals surface area (Å²) in [6.07, 6.45) is 1.19. The second kappa shape index (κ2) is 6.57. The van der Waals surface area contributed by atoms with Gasteiger partial charge in [0.1, 0.15) is 10.9 Å². The van der Waals surface area contributed by atoms with Crippen molar-refractivity contribution in [2.24, 2.45) is 0 Å². The number of carbonyl (C=O) groups excluding carboxylic acids is 1. The minimum Gasteiger partial charge on any atom is -0.461 e. The number of thiophene rings is 1. The minimum absolute atomic E-state index is 0.224. The first kappa shape index (κ1) is 16.4. The number of rotatable bonds is 4. The molecule has 0 amide bonds. The second-order valence-corrected chi connectivity index (χ2v) is 6.84. The highest BCUT2D eigenvalue weighted by Gasteiger charge is 2.21. The van der Waals surface area contributed by atoms with E-state index in [9.17, 15) is 9.59 Å².